The maximum atomic E-state index is 13.1. The van der Waals surface area contributed by atoms with Gasteiger partial charge in [0.25, 0.3) is 0 Å². The van der Waals surface area contributed by atoms with Gasteiger partial charge < -0.3 is 10.4 Å². The van der Waals surface area contributed by atoms with Gasteiger partial charge in [-0.1, -0.05) is 48.0 Å². The first kappa shape index (κ1) is 16.5. The molecule has 2 N–H and O–H groups in total. The van der Waals surface area contributed by atoms with Gasteiger partial charge in [-0.2, -0.15) is 0 Å². The zero-order valence-electron chi connectivity index (χ0n) is 12.1. The lowest BCUT2D eigenvalue weighted by Gasteiger charge is -2.17. The monoisotopic (exact) mass is 321 g/mol. The van der Waals surface area contributed by atoms with Crippen LogP contribution in [0.2, 0.25) is 5.02 Å². The number of aliphatic hydroxyl groups is 1. The fourth-order valence-electron chi connectivity index (χ4n) is 2.13. The molecule has 2 atom stereocenters. The maximum absolute atomic E-state index is 13.1. The van der Waals surface area contributed by atoms with Crippen LogP contribution in [0.15, 0.2) is 48.5 Å². The largest absolute Gasteiger partial charge is 0.388 e. The second-order valence-electron chi connectivity index (χ2n) is 5.09. The molecule has 5 heteroatoms. The van der Waals surface area contributed by atoms with Crippen molar-refractivity contribution in [2.45, 2.75) is 25.5 Å². The van der Waals surface area contributed by atoms with Crippen LogP contribution in [0.1, 0.15) is 36.6 Å². The minimum atomic E-state index is -0.856. The Hall–Kier alpha value is -1.91. The van der Waals surface area contributed by atoms with Crippen LogP contribution < -0.4 is 5.32 Å². The fourth-order valence-corrected chi connectivity index (χ4v) is 2.32. The summed E-state index contributed by atoms with van der Waals surface area (Å²) in [5, 5.41) is 12.8. The Labute approximate surface area is 133 Å². The summed E-state index contributed by atoms with van der Waals surface area (Å²) in [6, 6.07) is 13.0. The van der Waals surface area contributed by atoms with Crippen molar-refractivity contribution in [2.24, 2.45) is 0 Å². The van der Waals surface area contributed by atoms with Gasteiger partial charge in [0.2, 0.25) is 5.91 Å². The molecule has 0 bridgehead atoms. The second kappa shape index (κ2) is 7.38. The zero-order chi connectivity index (χ0) is 16.1. The van der Waals surface area contributed by atoms with E-state index in [1.54, 1.807) is 37.3 Å². The van der Waals surface area contributed by atoms with E-state index in [1.807, 2.05) is 6.07 Å². The lowest BCUT2D eigenvalue weighted by molar-refractivity contribution is -0.123. The molecule has 2 unspecified atom stereocenters. The van der Waals surface area contributed by atoms with Gasteiger partial charge >= 0.3 is 0 Å². The lowest BCUT2D eigenvalue weighted by Crippen LogP contribution is -2.28. The number of aliphatic hydroxyl groups excluding tert-OH is 1. The van der Waals surface area contributed by atoms with Crippen molar-refractivity contribution < 1.29 is 14.3 Å². The lowest BCUT2D eigenvalue weighted by atomic mass is 10.1. The fraction of sp³-hybridized carbons (Fsp3) is 0.235. The Balaban J connectivity index is 1.95. The molecular formula is C17H17ClFNO2. The molecular weight excluding hydrogens is 305 g/mol. The van der Waals surface area contributed by atoms with Gasteiger partial charge in [-0.3, -0.25) is 4.79 Å². The van der Waals surface area contributed by atoms with Crippen molar-refractivity contribution in [1.29, 1.82) is 0 Å². The molecule has 0 aliphatic rings. The summed E-state index contributed by atoms with van der Waals surface area (Å²) in [7, 11) is 0. The molecule has 0 radical (unpaired) electrons. The summed E-state index contributed by atoms with van der Waals surface area (Å²) < 4.78 is 13.1. The van der Waals surface area contributed by atoms with Crippen molar-refractivity contribution in [1.82, 2.24) is 5.32 Å². The molecule has 116 valence electrons. The predicted molar refractivity (Wildman–Crippen MR) is 84.0 cm³/mol. The molecule has 0 saturated carbocycles. The van der Waals surface area contributed by atoms with Crippen LogP contribution in [0, 0.1) is 5.82 Å². The third-order valence-corrected chi connectivity index (χ3v) is 3.67. The van der Waals surface area contributed by atoms with Crippen LogP contribution in [-0.2, 0) is 4.79 Å². The Morgan fingerprint density at radius 2 is 1.91 bits per heavy atom. The zero-order valence-corrected chi connectivity index (χ0v) is 12.8. The highest BCUT2D eigenvalue weighted by Gasteiger charge is 2.16. The molecule has 0 heterocycles. The number of benzene rings is 2. The molecule has 0 aliphatic carbocycles. The van der Waals surface area contributed by atoms with Crippen LogP contribution in [0.5, 0.6) is 0 Å². The summed E-state index contributed by atoms with van der Waals surface area (Å²) >= 11 is 5.73. The molecule has 0 aliphatic heterocycles. The van der Waals surface area contributed by atoms with Crippen molar-refractivity contribution in [2.75, 3.05) is 0 Å². The summed E-state index contributed by atoms with van der Waals surface area (Å²) in [5.74, 6) is -0.784. The van der Waals surface area contributed by atoms with Crippen molar-refractivity contribution in [3.63, 3.8) is 0 Å². The third kappa shape index (κ3) is 4.29. The average Bonchev–Trinajstić information content (AvgIpc) is 2.50. The van der Waals surface area contributed by atoms with Crippen molar-refractivity contribution >= 4 is 17.5 Å². The van der Waals surface area contributed by atoms with Gasteiger partial charge in [-0.05, 0) is 30.2 Å². The standard InChI is InChI=1S/C17H17ClFNO2/c1-11(13-7-8-15(19)14(18)9-13)20-17(22)10-16(21)12-5-3-2-4-6-12/h2-9,11,16,21H,10H2,1H3,(H,20,22). The number of amides is 1. The van der Waals surface area contributed by atoms with E-state index in [9.17, 15) is 14.3 Å². The minimum absolute atomic E-state index is 0.0166. The van der Waals surface area contributed by atoms with E-state index in [1.165, 1.54) is 12.1 Å². The second-order valence-corrected chi connectivity index (χ2v) is 5.50. The van der Waals surface area contributed by atoms with Crippen molar-refractivity contribution in [3.8, 4) is 0 Å². The molecule has 1 amide bonds. The van der Waals surface area contributed by atoms with Gasteiger partial charge in [0, 0.05) is 0 Å². The summed E-state index contributed by atoms with van der Waals surface area (Å²) in [4.78, 5) is 12.0. The van der Waals surface area contributed by atoms with Crippen LogP contribution >= 0.6 is 11.6 Å². The van der Waals surface area contributed by atoms with E-state index in [0.29, 0.717) is 11.1 Å². The molecule has 0 saturated heterocycles. The number of carbonyl (C=O) groups excluding carboxylic acids is 1. The van der Waals surface area contributed by atoms with E-state index in [2.05, 4.69) is 5.32 Å². The molecule has 0 fully saturated rings. The summed E-state index contributed by atoms with van der Waals surface area (Å²) in [5.41, 5.74) is 1.39. The van der Waals surface area contributed by atoms with Crippen LogP contribution in [0.25, 0.3) is 0 Å². The molecule has 22 heavy (non-hydrogen) atoms. The van der Waals surface area contributed by atoms with E-state index in [-0.39, 0.29) is 23.4 Å². The van der Waals surface area contributed by atoms with Crippen LogP contribution in [0.4, 0.5) is 4.39 Å². The highest BCUT2D eigenvalue weighted by atomic mass is 35.5. The smallest absolute Gasteiger partial charge is 0.223 e. The quantitative estimate of drug-likeness (QED) is 0.880. The first-order valence-electron chi connectivity index (χ1n) is 6.94. The first-order chi connectivity index (χ1) is 10.5. The molecule has 0 aromatic heterocycles. The number of halogens is 2. The van der Waals surface area contributed by atoms with Gasteiger partial charge in [-0.25, -0.2) is 4.39 Å². The van der Waals surface area contributed by atoms with E-state index in [4.69, 9.17) is 11.6 Å². The third-order valence-electron chi connectivity index (χ3n) is 3.38. The van der Waals surface area contributed by atoms with Gasteiger partial charge in [0.05, 0.1) is 23.6 Å². The Morgan fingerprint density at radius 3 is 2.55 bits per heavy atom. The molecule has 2 aromatic rings. The van der Waals surface area contributed by atoms with E-state index >= 15 is 0 Å². The van der Waals surface area contributed by atoms with Crippen molar-refractivity contribution in [3.05, 3.63) is 70.5 Å². The Kier molecular flexibility index (Phi) is 5.52. The first-order valence-corrected chi connectivity index (χ1v) is 7.32. The number of hydrogen-bond donors (Lipinski definition) is 2. The molecule has 2 aromatic carbocycles. The van der Waals surface area contributed by atoms with E-state index < -0.39 is 11.9 Å². The van der Waals surface area contributed by atoms with Gasteiger partial charge in [0.1, 0.15) is 5.82 Å². The SMILES string of the molecule is CC(NC(=O)CC(O)c1ccccc1)c1ccc(F)c(Cl)c1. The Bertz CT molecular complexity index is 648. The maximum Gasteiger partial charge on any atom is 0.223 e. The normalized spacial score (nSPS) is 13.5. The summed E-state index contributed by atoms with van der Waals surface area (Å²) in [6.07, 6.45) is -0.895. The Morgan fingerprint density at radius 1 is 1.23 bits per heavy atom. The molecule has 3 nitrogen and oxygen atoms in total. The number of rotatable bonds is 5. The number of hydrogen-bond acceptors (Lipinski definition) is 2. The van der Waals surface area contributed by atoms with E-state index in [0.717, 1.165) is 0 Å². The highest BCUT2D eigenvalue weighted by Crippen LogP contribution is 2.21. The predicted octanol–water partition coefficient (Wildman–Crippen LogP) is 3.78. The molecule has 2 rings (SSSR count). The summed E-state index contributed by atoms with van der Waals surface area (Å²) in [6.45, 7) is 1.77. The highest BCUT2D eigenvalue weighted by molar-refractivity contribution is 6.30. The topological polar surface area (TPSA) is 49.3 Å². The van der Waals surface area contributed by atoms with Gasteiger partial charge in [-0.15, -0.1) is 0 Å². The molecule has 0 spiro atoms. The van der Waals surface area contributed by atoms with Crippen LogP contribution in [0.3, 0.4) is 0 Å². The van der Waals surface area contributed by atoms with Gasteiger partial charge in [0.15, 0.2) is 0 Å². The minimum Gasteiger partial charge on any atom is -0.388 e. The number of nitrogens with one attached hydrogen (secondary N) is 1. The van der Waals surface area contributed by atoms with Crippen LogP contribution in [-0.4, -0.2) is 11.0 Å². The number of carbonyl (C=O) groups is 1. The average molecular weight is 322 g/mol.